The van der Waals surface area contributed by atoms with E-state index in [0.717, 1.165) is 45.5 Å². The van der Waals surface area contributed by atoms with Crippen LogP contribution in [0, 0.1) is 0 Å². The molecule has 1 unspecified atom stereocenters. The summed E-state index contributed by atoms with van der Waals surface area (Å²) in [5.41, 5.74) is 0.280. The van der Waals surface area contributed by atoms with Gasteiger partial charge in [-0.3, -0.25) is 19.3 Å². The molecular formula is C25H22F6IN9O3. The van der Waals surface area contributed by atoms with Gasteiger partial charge < -0.3 is 15.4 Å². The lowest BCUT2D eigenvalue weighted by molar-refractivity contribution is -0.274. The van der Waals surface area contributed by atoms with Gasteiger partial charge in [0.15, 0.2) is 11.4 Å². The summed E-state index contributed by atoms with van der Waals surface area (Å²) in [4.78, 5) is 28.4. The van der Waals surface area contributed by atoms with Crippen LogP contribution in [0.1, 0.15) is 44.2 Å². The number of benzene rings is 1. The summed E-state index contributed by atoms with van der Waals surface area (Å²) in [5.74, 6) is -1.68. The van der Waals surface area contributed by atoms with Gasteiger partial charge in [0.2, 0.25) is 0 Å². The van der Waals surface area contributed by atoms with E-state index >= 15 is 0 Å². The molecule has 4 rings (SSSR count). The molecule has 2 N–H and O–H groups in total. The number of halogens is 7. The van der Waals surface area contributed by atoms with Crippen LogP contribution < -0.4 is 15.4 Å². The zero-order valence-electron chi connectivity index (χ0n) is 22.3. The van der Waals surface area contributed by atoms with Gasteiger partial charge >= 0.3 is 10.3 Å². The van der Waals surface area contributed by atoms with Crippen LogP contribution in [0.3, 0.4) is 0 Å². The second-order valence-electron chi connectivity index (χ2n) is 9.19. The molecule has 3 aromatic heterocycles. The average molecular weight is 737 g/mol. The van der Waals surface area contributed by atoms with Gasteiger partial charge in [-0.25, -0.2) is 9.07 Å². The van der Waals surface area contributed by atoms with Crippen LogP contribution in [0.5, 0.6) is 5.75 Å². The number of hydrogen-bond acceptors (Lipinski definition) is 8. The molecule has 0 spiro atoms. The van der Waals surface area contributed by atoms with Crippen LogP contribution in [-0.4, -0.2) is 59.3 Å². The highest BCUT2D eigenvalue weighted by Gasteiger charge is 2.31. The maximum absolute atomic E-state index is 14.6. The fourth-order valence-corrected chi connectivity index (χ4v) is 3.98. The minimum atomic E-state index is -4.85. The number of carbonyl (C=O) groups excluding carboxylic acids is 2. The topological polar surface area (TPSA) is 142 Å². The molecule has 4 aromatic rings. The number of ether oxygens (including phenoxy) is 1. The Balaban J connectivity index is 1.19. The third-order valence-electron chi connectivity index (χ3n) is 5.75. The van der Waals surface area contributed by atoms with Crippen LogP contribution in [0.4, 0.5) is 26.3 Å². The third kappa shape index (κ3) is 9.88. The second-order valence-corrected chi connectivity index (χ2v) is 10.5. The Bertz CT molecular complexity index is 1570. The molecule has 0 bridgehead atoms. The van der Waals surface area contributed by atoms with Crippen LogP contribution in [0.2, 0.25) is 0 Å². The van der Waals surface area contributed by atoms with Crippen molar-refractivity contribution < 1.29 is 40.7 Å². The van der Waals surface area contributed by atoms with Crippen molar-refractivity contribution in [1.29, 1.82) is 0 Å². The van der Waals surface area contributed by atoms with Gasteiger partial charge in [0.05, 0.1) is 18.9 Å². The molecule has 0 saturated carbocycles. The maximum atomic E-state index is 14.6. The summed E-state index contributed by atoms with van der Waals surface area (Å²) in [6, 6.07) is 7.67. The average Bonchev–Trinajstić information content (AvgIpc) is 3.63. The molecule has 0 saturated heterocycles. The minimum absolute atomic E-state index is 0.0143. The van der Waals surface area contributed by atoms with Crippen molar-refractivity contribution in [3.05, 3.63) is 83.2 Å². The van der Waals surface area contributed by atoms with Crippen molar-refractivity contribution in [1.82, 2.24) is 45.6 Å². The number of aromatic nitrogens is 7. The summed E-state index contributed by atoms with van der Waals surface area (Å²) < 4.78 is 81.5. The Kier molecular flexibility index (Phi) is 10.4. The third-order valence-corrected chi connectivity index (χ3v) is 6.31. The summed E-state index contributed by atoms with van der Waals surface area (Å²) in [6.45, 7) is -0.277. The molecule has 0 aliphatic rings. The molecular weight excluding hydrogens is 715 g/mol. The smallest absolute Gasteiger partial charge is 0.406 e. The molecule has 0 fully saturated rings. The summed E-state index contributed by atoms with van der Waals surface area (Å²) >= 11 is 0.969. The minimum Gasteiger partial charge on any atom is -0.406 e. The number of nitrogens with one attached hydrogen (secondary N) is 2. The highest BCUT2D eigenvalue weighted by atomic mass is 127. The monoisotopic (exact) mass is 737 g/mol. The molecule has 0 radical (unpaired) electrons. The van der Waals surface area contributed by atoms with E-state index in [2.05, 4.69) is 41.0 Å². The lowest BCUT2D eigenvalue weighted by Gasteiger charge is -2.10. The van der Waals surface area contributed by atoms with Crippen molar-refractivity contribution in [3.63, 3.8) is 0 Å². The first-order chi connectivity index (χ1) is 20.7. The van der Waals surface area contributed by atoms with E-state index in [1.165, 1.54) is 41.5 Å². The Morgan fingerprint density at radius 1 is 0.909 bits per heavy atom. The van der Waals surface area contributed by atoms with Gasteiger partial charge in [-0.1, -0.05) is 28.6 Å². The predicted octanol–water partition coefficient (Wildman–Crippen LogP) is 3.94. The lowest BCUT2D eigenvalue weighted by atomic mass is 10.2. The van der Waals surface area contributed by atoms with Gasteiger partial charge in [0.1, 0.15) is 17.6 Å². The van der Waals surface area contributed by atoms with Crippen LogP contribution >= 0.6 is 22.6 Å². The van der Waals surface area contributed by atoms with Crippen molar-refractivity contribution in [2.75, 3.05) is 0 Å². The van der Waals surface area contributed by atoms with Crippen molar-refractivity contribution in [2.24, 2.45) is 0 Å². The Morgan fingerprint density at radius 2 is 1.55 bits per heavy atom. The fraction of sp³-hybridized carbons (Fsp3) is 0.320. The first-order valence-electron chi connectivity index (χ1n) is 12.6. The number of nitrogens with zero attached hydrogens (tertiary/aromatic N) is 7. The van der Waals surface area contributed by atoms with E-state index in [-0.39, 0.29) is 44.0 Å². The Labute approximate surface area is 258 Å². The predicted molar refractivity (Wildman–Crippen MR) is 147 cm³/mol. The lowest BCUT2D eigenvalue weighted by Crippen LogP contribution is -2.23. The fourth-order valence-electron chi connectivity index (χ4n) is 3.67. The molecule has 3 heterocycles. The van der Waals surface area contributed by atoms with Gasteiger partial charge in [0.25, 0.3) is 11.8 Å². The Hall–Kier alpha value is -4.30. The molecule has 0 aliphatic carbocycles. The van der Waals surface area contributed by atoms with Gasteiger partial charge in [-0.05, 0) is 29.3 Å². The standard InChI is InChI=1S/C25H22F6IN9O3/c26-17(6-7-40-13-19(36-38-40)22(42)35-11-16-4-5-21(33-10-16)24(27,28)32)12-41-14-20(37-39-41)23(43)34-9-15-2-1-3-18(8-15)44-25(29,30)31/h1-5,8,10,13-14,17H,6-7,9,11-12H2,(H,34,43)(H,35,42). The quantitative estimate of drug-likeness (QED) is 0.120. The van der Waals surface area contributed by atoms with E-state index in [1.54, 1.807) is 0 Å². The molecule has 2 amide bonds. The first-order valence-corrected chi connectivity index (χ1v) is 13.7. The van der Waals surface area contributed by atoms with E-state index in [0.29, 0.717) is 11.1 Å². The number of alkyl halides is 7. The summed E-state index contributed by atoms with van der Waals surface area (Å²) in [6.07, 6.45) is -2.55. The normalized spacial score (nSPS) is 12.5. The highest BCUT2D eigenvalue weighted by molar-refractivity contribution is 14.1. The number of carbonyl (C=O) groups is 2. The van der Waals surface area contributed by atoms with Crippen LogP contribution in [-0.2, 0) is 30.1 Å². The highest BCUT2D eigenvalue weighted by Crippen LogP contribution is 2.33. The van der Waals surface area contributed by atoms with E-state index in [9.17, 15) is 35.9 Å². The number of rotatable bonds is 13. The van der Waals surface area contributed by atoms with Gasteiger partial charge in [0, 0.05) is 54.8 Å². The Morgan fingerprint density at radius 3 is 2.16 bits per heavy atom. The van der Waals surface area contributed by atoms with Crippen LogP contribution in [0.25, 0.3) is 0 Å². The van der Waals surface area contributed by atoms with E-state index in [4.69, 9.17) is 0 Å². The zero-order chi connectivity index (χ0) is 31.9. The van der Waals surface area contributed by atoms with Crippen molar-refractivity contribution in [3.8, 4) is 5.75 Å². The first kappa shape index (κ1) is 32.6. The summed E-state index contributed by atoms with van der Waals surface area (Å²) in [5, 5.41) is 20.0. The van der Waals surface area contributed by atoms with Crippen LogP contribution in [0.15, 0.2) is 55.0 Å². The molecule has 1 aromatic carbocycles. The number of aryl methyl sites for hydroxylation is 1. The van der Waals surface area contributed by atoms with Crippen molar-refractivity contribution in [2.45, 2.75) is 49.1 Å². The molecule has 12 nitrogen and oxygen atoms in total. The zero-order valence-corrected chi connectivity index (χ0v) is 24.5. The van der Waals surface area contributed by atoms with Gasteiger partial charge in [-0.15, -0.1) is 23.4 Å². The largest absolute Gasteiger partial charge is 0.573 e. The number of amides is 2. The van der Waals surface area contributed by atoms with E-state index < -0.39 is 39.7 Å². The molecule has 1 atom stereocenters. The van der Waals surface area contributed by atoms with E-state index in [1.807, 2.05) is 0 Å². The number of hydrogen-bond donors (Lipinski definition) is 2. The second kappa shape index (κ2) is 14.0. The molecule has 0 aliphatic heterocycles. The van der Waals surface area contributed by atoms with Crippen molar-refractivity contribution >= 4 is 34.4 Å². The van der Waals surface area contributed by atoms with Gasteiger partial charge in [-0.2, -0.15) is 8.78 Å². The maximum Gasteiger partial charge on any atom is 0.573 e. The summed E-state index contributed by atoms with van der Waals surface area (Å²) in [7, 11) is 0. The molecule has 44 heavy (non-hydrogen) atoms. The number of pyridine rings is 1. The molecule has 234 valence electrons. The molecule has 19 heteroatoms. The SMILES string of the molecule is O=C(NCc1ccc(C(F)(F)I)nc1)c1cn(CCC(F)Cn2cc(C(=O)NCc3cccc(OC(F)(F)F)c3)nn2)nn1.